The van der Waals surface area contributed by atoms with E-state index in [9.17, 15) is 12.8 Å². The third kappa shape index (κ3) is 2.68. The van der Waals surface area contributed by atoms with Gasteiger partial charge in [-0.25, -0.2) is 17.8 Å². The highest BCUT2D eigenvalue weighted by molar-refractivity contribution is 7.95. The summed E-state index contributed by atoms with van der Waals surface area (Å²) >= 11 is 0. The van der Waals surface area contributed by atoms with Crippen molar-refractivity contribution < 1.29 is 17.5 Å². The second-order valence-electron chi connectivity index (χ2n) is 8.82. The van der Waals surface area contributed by atoms with Crippen LogP contribution in [0.4, 0.5) is 10.3 Å². The van der Waals surface area contributed by atoms with E-state index in [4.69, 9.17) is 4.74 Å². The smallest absolute Gasteiger partial charge is 0.210 e. The highest BCUT2D eigenvalue weighted by atomic mass is 32.2. The number of allylic oxidation sites excluding steroid dienone is 1. The van der Waals surface area contributed by atoms with Gasteiger partial charge >= 0.3 is 0 Å². The Kier molecular flexibility index (Phi) is 3.83. The Morgan fingerprint density at radius 3 is 3.03 bits per heavy atom. The number of nitrogens with zero attached hydrogens (tertiary/aromatic N) is 4. The Hall–Kier alpha value is -3.79. The van der Waals surface area contributed by atoms with E-state index in [1.807, 2.05) is 6.07 Å². The second-order valence-corrected chi connectivity index (χ2v) is 10.9. The van der Waals surface area contributed by atoms with Gasteiger partial charge < -0.3 is 10.1 Å². The highest BCUT2D eigenvalue weighted by Crippen LogP contribution is 2.55. The molecule has 0 radical (unpaired) electrons. The number of halogens is 1. The van der Waals surface area contributed by atoms with Crippen LogP contribution in [0.2, 0.25) is 0 Å². The lowest BCUT2D eigenvalue weighted by atomic mass is 10.0. The van der Waals surface area contributed by atoms with E-state index >= 15 is 0 Å². The first-order chi connectivity index (χ1) is 16.4. The molecule has 1 saturated carbocycles. The fourth-order valence-corrected chi connectivity index (χ4v) is 6.24. The predicted molar refractivity (Wildman–Crippen MR) is 123 cm³/mol. The van der Waals surface area contributed by atoms with E-state index in [1.54, 1.807) is 48.1 Å². The number of aromatic nitrogens is 4. The normalized spacial score (nSPS) is 20.9. The van der Waals surface area contributed by atoms with Crippen molar-refractivity contribution in [2.45, 2.75) is 36.8 Å². The molecule has 1 aliphatic carbocycles. The molecule has 34 heavy (non-hydrogen) atoms. The number of fused-ring (bicyclic) bond motifs is 5. The standard InChI is InChI=1S/C24H18FN5O3S/c1-12-6-14-7-13(2-5-21(14)34(12,31)32)16-9-26-24(30-11-28-29-23(16)30)27-10-17-18(25)3-4-19-22(17)15-8-20(15)33-19/h2-7,9,11,15,20H,8,10H2,1H3,(H,26,27). The molecule has 4 heterocycles. The first kappa shape index (κ1) is 19.7. The lowest BCUT2D eigenvalue weighted by molar-refractivity contribution is 0.318. The number of rotatable bonds is 4. The van der Waals surface area contributed by atoms with Crippen LogP contribution in [-0.2, 0) is 16.4 Å². The van der Waals surface area contributed by atoms with Gasteiger partial charge in [-0.15, -0.1) is 10.2 Å². The average molecular weight is 476 g/mol. The molecule has 2 aromatic carbocycles. The van der Waals surface area contributed by atoms with Crippen LogP contribution in [-0.4, -0.2) is 34.1 Å². The molecule has 2 unspecified atom stereocenters. The maximum atomic E-state index is 14.7. The Bertz CT molecular complexity index is 1680. The molecule has 0 saturated heterocycles. The summed E-state index contributed by atoms with van der Waals surface area (Å²) in [7, 11) is -3.40. The molecule has 10 heteroatoms. The molecule has 0 spiro atoms. The van der Waals surface area contributed by atoms with Crippen LogP contribution in [0.25, 0.3) is 22.9 Å². The first-order valence-corrected chi connectivity index (χ1v) is 12.4. The molecular weight excluding hydrogens is 457 g/mol. The molecule has 7 rings (SSSR count). The summed E-state index contributed by atoms with van der Waals surface area (Å²) in [4.78, 5) is 5.17. The van der Waals surface area contributed by atoms with E-state index in [2.05, 4.69) is 20.5 Å². The zero-order valence-corrected chi connectivity index (χ0v) is 18.8. The fourth-order valence-electron chi connectivity index (χ4n) is 4.94. The minimum atomic E-state index is -3.40. The summed E-state index contributed by atoms with van der Waals surface area (Å²) < 4.78 is 47.0. The van der Waals surface area contributed by atoms with Crippen molar-refractivity contribution in [1.82, 2.24) is 19.6 Å². The number of nitrogens with one attached hydrogen (secondary N) is 1. The van der Waals surface area contributed by atoms with Gasteiger partial charge in [-0.05, 0) is 54.8 Å². The lowest BCUT2D eigenvalue weighted by Crippen LogP contribution is -2.10. The van der Waals surface area contributed by atoms with Crippen LogP contribution in [0.5, 0.6) is 5.75 Å². The van der Waals surface area contributed by atoms with Crippen LogP contribution in [0, 0.1) is 5.82 Å². The summed E-state index contributed by atoms with van der Waals surface area (Å²) in [5, 5.41) is 11.5. The molecule has 1 N–H and O–H groups in total. The Morgan fingerprint density at radius 2 is 2.15 bits per heavy atom. The van der Waals surface area contributed by atoms with E-state index in [1.165, 1.54) is 6.07 Å². The summed E-state index contributed by atoms with van der Waals surface area (Å²) in [5.74, 6) is 1.25. The van der Waals surface area contributed by atoms with Crippen molar-refractivity contribution in [2.75, 3.05) is 5.32 Å². The van der Waals surface area contributed by atoms with Gasteiger partial charge in [0.25, 0.3) is 0 Å². The van der Waals surface area contributed by atoms with Crippen LogP contribution in [0.1, 0.15) is 36.0 Å². The van der Waals surface area contributed by atoms with E-state index in [0.717, 1.165) is 23.3 Å². The molecule has 3 aliphatic rings. The van der Waals surface area contributed by atoms with Gasteiger partial charge in [0, 0.05) is 40.3 Å². The van der Waals surface area contributed by atoms with Crippen molar-refractivity contribution in [1.29, 1.82) is 0 Å². The molecule has 2 atom stereocenters. The maximum absolute atomic E-state index is 14.7. The fraction of sp³-hybridized carbons (Fsp3) is 0.208. The summed E-state index contributed by atoms with van der Waals surface area (Å²) in [6.45, 7) is 1.84. The van der Waals surface area contributed by atoms with Gasteiger partial charge in [0.1, 0.15) is 24.0 Å². The SMILES string of the molecule is CC1=Cc2cc(-c3cnc(NCc4c(F)ccc5c4C4CC4O5)n4cnnc34)ccc2S1(=O)=O. The van der Waals surface area contributed by atoms with Gasteiger partial charge in [0.2, 0.25) is 15.8 Å². The Labute approximate surface area is 194 Å². The molecule has 8 nitrogen and oxygen atoms in total. The zero-order chi connectivity index (χ0) is 23.2. The third-order valence-electron chi connectivity index (χ3n) is 6.79. The van der Waals surface area contributed by atoms with Crippen molar-refractivity contribution in [3.8, 4) is 16.9 Å². The largest absolute Gasteiger partial charge is 0.489 e. The van der Waals surface area contributed by atoms with E-state index < -0.39 is 9.84 Å². The average Bonchev–Trinajstić information content (AvgIpc) is 3.14. The zero-order valence-electron chi connectivity index (χ0n) is 18.0. The summed E-state index contributed by atoms with van der Waals surface area (Å²) in [6, 6.07) is 8.31. The van der Waals surface area contributed by atoms with Crippen LogP contribution in [0.15, 0.2) is 52.7 Å². The van der Waals surface area contributed by atoms with Gasteiger partial charge in [0.15, 0.2) is 5.65 Å². The van der Waals surface area contributed by atoms with Gasteiger partial charge in [-0.2, -0.15) is 0 Å². The highest BCUT2D eigenvalue weighted by Gasteiger charge is 2.49. The minimum absolute atomic E-state index is 0.179. The Morgan fingerprint density at radius 1 is 1.26 bits per heavy atom. The van der Waals surface area contributed by atoms with Crippen LogP contribution in [0.3, 0.4) is 0 Å². The lowest BCUT2D eigenvalue weighted by Gasteiger charge is -2.14. The molecule has 1 fully saturated rings. The van der Waals surface area contributed by atoms with E-state index in [-0.39, 0.29) is 24.4 Å². The monoisotopic (exact) mass is 475 g/mol. The van der Waals surface area contributed by atoms with E-state index in [0.29, 0.717) is 38.1 Å². The maximum Gasteiger partial charge on any atom is 0.210 e. The number of ether oxygens (including phenoxy) is 1. The number of benzene rings is 2. The second kappa shape index (κ2) is 6.63. The Balaban J connectivity index is 1.24. The topological polar surface area (TPSA) is 98.5 Å². The number of sulfone groups is 1. The van der Waals surface area contributed by atoms with Crippen molar-refractivity contribution in [3.05, 3.63) is 70.3 Å². The van der Waals surface area contributed by atoms with Crippen molar-refractivity contribution in [2.24, 2.45) is 0 Å². The van der Waals surface area contributed by atoms with Gasteiger partial charge in [-0.3, -0.25) is 4.40 Å². The predicted octanol–water partition coefficient (Wildman–Crippen LogP) is 3.94. The number of anilines is 1. The van der Waals surface area contributed by atoms with Crippen LogP contribution >= 0.6 is 0 Å². The van der Waals surface area contributed by atoms with Crippen LogP contribution < -0.4 is 10.1 Å². The molecule has 0 bridgehead atoms. The molecule has 170 valence electrons. The van der Waals surface area contributed by atoms with Gasteiger partial charge in [0.05, 0.1) is 4.90 Å². The molecule has 4 aromatic rings. The number of hydrogen-bond acceptors (Lipinski definition) is 7. The van der Waals surface area contributed by atoms with Crippen molar-refractivity contribution >= 4 is 27.5 Å². The summed E-state index contributed by atoms with van der Waals surface area (Å²) in [6.07, 6.45) is 5.99. The third-order valence-corrected chi connectivity index (χ3v) is 8.71. The summed E-state index contributed by atoms with van der Waals surface area (Å²) in [5.41, 5.74) is 4.23. The van der Waals surface area contributed by atoms with Gasteiger partial charge in [-0.1, -0.05) is 6.07 Å². The first-order valence-electron chi connectivity index (χ1n) is 10.9. The molecule has 0 amide bonds. The number of hydrogen-bond donors (Lipinski definition) is 1. The van der Waals surface area contributed by atoms with Crippen molar-refractivity contribution in [3.63, 3.8) is 0 Å². The quantitative estimate of drug-likeness (QED) is 0.477. The molecular formula is C24H18FN5O3S. The molecule has 2 aliphatic heterocycles. The molecule has 2 aromatic heterocycles. The minimum Gasteiger partial charge on any atom is -0.489 e.